The standard InChI is InChI=1S/C13H15Br2NO/c1-8(9-2-3-9)7-16-13(17)10-4-11(14)6-12(15)5-10/h4-6,8-9H,2-3,7H2,1H3,(H,16,17). The first-order valence-electron chi connectivity index (χ1n) is 5.80. The second kappa shape index (κ2) is 5.53. The number of hydrogen-bond acceptors (Lipinski definition) is 1. The first-order chi connectivity index (χ1) is 8.06. The molecule has 1 fully saturated rings. The quantitative estimate of drug-likeness (QED) is 0.864. The van der Waals surface area contributed by atoms with Gasteiger partial charge in [-0.3, -0.25) is 4.79 Å². The third kappa shape index (κ3) is 3.81. The lowest BCUT2D eigenvalue weighted by atomic mass is 10.1. The SMILES string of the molecule is CC(CNC(=O)c1cc(Br)cc(Br)c1)C1CC1. The first kappa shape index (κ1) is 13.1. The highest BCUT2D eigenvalue weighted by atomic mass is 79.9. The Morgan fingerprint density at radius 3 is 2.47 bits per heavy atom. The average Bonchev–Trinajstić information content (AvgIpc) is 3.07. The van der Waals surface area contributed by atoms with Gasteiger partial charge in [-0.15, -0.1) is 0 Å². The molecule has 2 nitrogen and oxygen atoms in total. The summed E-state index contributed by atoms with van der Waals surface area (Å²) in [4.78, 5) is 11.9. The summed E-state index contributed by atoms with van der Waals surface area (Å²) in [6.07, 6.45) is 2.64. The fraction of sp³-hybridized carbons (Fsp3) is 0.462. The molecule has 4 heteroatoms. The summed E-state index contributed by atoms with van der Waals surface area (Å²) in [5, 5.41) is 2.99. The lowest BCUT2D eigenvalue weighted by molar-refractivity contribution is 0.0946. The van der Waals surface area contributed by atoms with Gasteiger partial charge in [0.1, 0.15) is 0 Å². The highest BCUT2D eigenvalue weighted by molar-refractivity contribution is 9.11. The molecule has 1 atom stereocenters. The van der Waals surface area contributed by atoms with Crippen LogP contribution >= 0.6 is 31.9 Å². The van der Waals surface area contributed by atoms with Gasteiger partial charge in [-0.2, -0.15) is 0 Å². The van der Waals surface area contributed by atoms with E-state index in [9.17, 15) is 4.79 Å². The van der Waals surface area contributed by atoms with Gasteiger partial charge in [-0.25, -0.2) is 0 Å². The molecule has 1 N–H and O–H groups in total. The maximum absolute atomic E-state index is 11.9. The molecule has 1 unspecified atom stereocenters. The zero-order chi connectivity index (χ0) is 12.4. The second-order valence-corrected chi connectivity index (χ2v) is 6.51. The topological polar surface area (TPSA) is 29.1 Å². The number of nitrogens with one attached hydrogen (secondary N) is 1. The summed E-state index contributed by atoms with van der Waals surface area (Å²) < 4.78 is 1.82. The maximum Gasteiger partial charge on any atom is 0.251 e. The summed E-state index contributed by atoms with van der Waals surface area (Å²) in [6, 6.07) is 5.59. The molecule has 1 aliphatic carbocycles. The normalized spacial score (nSPS) is 16.6. The van der Waals surface area contributed by atoms with Crippen LogP contribution < -0.4 is 5.32 Å². The second-order valence-electron chi connectivity index (χ2n) is 4.68. The van der Waals surface area contributed by atoms with E-state index < -0.39 is 0 Å². The van der Waals surface area contributed by atoms with Crippen molar-refractivity contribution in [2.75, 3.05) is 6.54 Å². The predicted octanol–water partition coefficient (Wildman–Crippen LogP) is 3.99. The van der Waals surface area contributed by atoms with Crippen LogP contribution in [0.15, 0.2) is 27.1 Å². The molecule has 0 heterocycles. The number of amides is 1. The molecule has 1 aromatic rings. The molecular formula is C13H15Br2NO. The molecule has 1 amide bonds. The summed E-state index contributed by atoms with van der Waals surface area (Å²) in [5.74, 6) is 1.42. The number of benzene rings is 1. The van der Waals surface area contributed by atoms with E-state index >= 15 is 0 Å². The van der Waals surface area contributed by atoms with Crippen molar-refractivity contribution in [1.82, 2.24) is 5.32 Å². The van der Waals surface area contributed by atoms with Crippen LogP contribution in [0.25, 0.3) is 0 Å². The van der Waals surface area contributed by atoms with Crippen molar-refractivity contribution in [3.63, 3.8) is 0 Å². The molecule has 0 aliphatic heterocycles. The van der Waals surface area contributed by atoms with Crippen LogP contribution in [-0.2, 0) is 0 Å². The minimum atomic E-state index is -0.000463. The number of rotatable bonds is 4. The number of carbonyl (C=O) groups excluding carboxylic acids is 1. The van der Waals surface area contributed by atoms with Crippen LogP contribution in [0.2, 0.25) is 0 Å². The van der Waals surface area contributed by atoms with Crippen LogP contribution in [0.5, 0.6) is 0 Å². The van der Waals surface area contributed by atoms with E-state index in [0.717, 1.165) is 21.4 Å². The number of hydrogen-bond donors (Lipinski definition) is 1. The van der Waals surface area contributed by atoms with Crippen molar-refractivity contribution >= 4 is 37.8 Å². The summed E-state index contributed by atoms with van der Waals surface area (Å²) >= 11 is 6.77. The Morgan fingerprint density at radius 1 is 1.35 bits per heavy atom. The van der Waals surface area contributed by atoms with E-state index in [1.54, 1.807) is 0 Å². The lowest BCUT2D eigenvalue weighted by Gasteiger charge is -2.11. The number of halogens is 2. The Bertz CT molecular complexity index is 409. The van der Waals surface area contributed by atoms with Gasteiger partial charge in [0.15, 0.2) is 0 Å². The Labute approximate surface area is 118 Å². The van der Waals surface area contributed by atoms with E-state index in [4.69, 9.17) is 0 Å². The number of carbonyl (C=O) groups is 1. The van der Waals surface area contributed by atoms with Gasteiger partial charge in [-0.05, 0) is 42.9 Å². The Balaban J connectivity index is 1.94. The summed E-state index contributed by atoms with van der Waals surface area (Å²) in [5.41, 5.74) is 0.689. The smallest absolute Gasteiger partial charge is 0.251 e. The molecule has 2 rings (SSSR count). The predicted molar refractivity (Wildman–Crippen MR) is 76.1 cm³/mol. The molecule has 0 spiro atoms. The zero-order valence-corrected chi connectivity index (χ0v) is 12.8. The van der Waals surface area contributed by atoms with Gasteiger partial charge in [0, 0.05) is 21.1 Å². The van der Waals surface area contributed by atoms with Crippen molar-refractivity contribution < 1.29 is 4.79 Å². The van der Waals surface area contributed by atoms with Crippen molar-refractivity contribution in [2.45, 2.75) is 19.8 Å². The molecule has 1 saturated carbocycles. The van der Waals surface area contributed by atoms with Gasteiger partial charge in [0.05, 0.1) is 0 Å². The Kier molecular flexibility index (Phi) is 4.26. The molecule has 0 aromatic heterocycles. The average molecular weight is 361 g/mol. The first-order valence-corrected chi connectivity index (χ1v) is 7.39. The van der Waals surface area contributed by atoms with E-state index in [1.165, 1.54) is 12.8 Å². The van der Waals surface area contributed by atoms with Crippen molar-refractivity contribution in [3.05, 3.63) is 32.7 Å². The molecule has 17 heavy (non-hydrogen) atoms. The van der Waals surface area contributed by atoms with Gasteiger partial charge in [0.25, 0.3) is 5.91 Å². The molecule has 1 aromatic carbocycles. The highest BCUT2D eigenvalue weighted by Gasteiger charge is 2.27. The van der Waals surface area contributed by atoms with Gasteiger partial charge < -0.3 is 5.32 Å². The fourth-order valence-corrected chi connectivity index (χ4v) is 3.17. The molecular weight excluding hydrogens is 346 g/mol. The van der Waals surface area contributed by atoms with Crippen LogP contribution in [0.4, 0.5) is 0 Å². The van der Waals surface area contributed by atoms with Crippen LogP contribution in [-0.4, -0.2) is 12.5 Å². The Morgan fingerprint density at radius 2 is 1.94 bits per heavy atom. The van der Waals surface area contributed by atoms with E-state index in [0.29, 0.717) is 11.5 Å². The third-order valence-electron chi connectivity index (χ3n) is 3.14. The van der Waals surface area contributed by atoms with E-state index in [-0.39, 0.29) is 5.91 Å². The van der Waals surface area contributed by atoms with E-state index in [2.05, 4.69) is 44.1 Å². The third-order valence-corrected chi connectivity index (χ3v) is 4.05. The fourth-order valence-electron chi connectivity index (χ4n) is 1.87. The highest BCUT2D eigenvalue weighted by Crippen LogP contribution is 2.36. The largest absolute Gasteiger partial charge is 0.352 e. The van der Waals surface area contributed by atoms with Gasteiger partial charge in [-0.1, -0.05) is 38.8 Å². The minimum absolute atomic E-state index is 0.000463. The van der Waals surface area contributed by atoms with Crippen LogP contribution in [0.3, 0.4) is 0 Å². The zero-order valence-electron chi connectivity index (χ0n) is 9.67. The minimum Gasteiger partial charge on any atom is -0.352 e. The van der Waals surface area contributed by atoms with Crippen molar-refractivity contribution in [1.29, 1.82) is 0 Å². The van der Waals surface area contributed by atoms with Crippen LogP contribution in [0, 0.1) is 11.8 Å². The molecule has 0 radical (unpaired) electrons. The lowest BCUT2D eigenvalue weighted by Crippen LogP contribution is -2.29. The molecule has 0 saturated heterocycles. The summed E-state index contributed by atoms with van der Waals surface area (Å²) in [7, 11) is 0. The Hall–Kier alpha value is -0.350. The van der Waals surface area contributed by atoms with Crippen LogP contribution in [0.1, 0.15) is 30.1 Å². The molecule has 0 bridgehead atoms. The monoisotopic (exact) mass is 359 g/mol. The van der Waals surface area contributed by atoms with Crippen molar-refractivity contribution in [2.24, 2.45) is 11.8 Å². The van der Waals surface area contributed by atoms with Crippen molar-refractivity contribution in [3.8, 4) is 0 Å². The maximum atomic E-state index is 11.9. The van der Waals surface area contributed by atoms with E-state index in [1.807, 2.05) is 18.2 Å². The molecule has 92 valence electrons. The van der Waals surface area contributed by atoms with Gasteiger partial charge >= 0.3 is 0 Å². The van der Waals surface area contributed by atoms with Gasteiger partial charge in [0.2, 0.25) is 0 Å². The summed E-state index contributed by atoms with van der Waals surface area (Å²) in [6.45, 7) is 2.97. The molecule has 1 aliphatic rings.